The molecule has 6 heteroatoms. The van der Waals surface area contributed by atoms with Gasteiger partial charge in [-0.25, -0.2) is 8.42 Å². The summed E-state index contributed by atoms with van der Waals surface area (Å²) in [6, 6.07) is 6.75. The SMILES string of the molecule is CCC[C@@H](C)NC(=O)c1ccccc1N(C)S(C)(=O)=O. The normalized spacial score (nSPS) is 12.8. The second kappa shape index (κ2) is 6.74. The van der Waals surface area contributed by atoms with Gasteiger partial charge in [0.2, 0.25) is 10.0 Å². The molecule has 0 saturated heterocycles. The van der Waals surface area contributed by atoms with E-state index in [0.29, 0.717) is 11.3 Å². The molecule has 0 heterocycles. The summed E-state index contributed by atoms with van der Waals surface area (Å²) in [4.78, 5) is 12.2. The Labute approximate surface area is 121 Å². The van der Waals surface area contributed by atoms with E-state index in [0.717, 1.165) is 23.4 Å². The molecular weight excluding hydrogens is 276 g/mol. The summed E-state index contributed by atoms with van der Waals surface area (Å²) < 4.78 is 24.4. The van der Waals surface area contributed by atoms with Crippen molar-refractivity contribution in [3.63, 3.8) is 0 Å². The molecule has 1 rings (SSSR count). The molecule has 0 bridgehead atoms. The lowest BCUT2D eigenvalue weighted by Crippen LogP contribution is -2.34. The van der Waals surface area contributed by atoms with Crippen molar-refractivity contribution in [2.24, 2.45) is 0 Å². The van der Waals surface area contributed by atoms with Crippen LogP contribution in [0.25, 0.3) is 0 Å². The Bertz CT molecular complexity index is 570. The van der Waals surface area contributed by atoms with Crippen molar-refractivity contribution in [2.75, 3.05) is 17.6 Å². The number of nitrogens with zero attached hydrogens (tertiary/aromatic N) is 1. The summed E-state index contributed by atoms with van der Waals surface area (Å²) in [6.07, 6.45) is 2.98. The number of anilines is 1. The summed E-state index contributed by atoms with van der Waals surface area (Å²) in [5.74, 6) is -0.253. The molecule has 1 N–H and O–H groups in total. The Morgan fingerprint density at radius 2 is 1.95 bits per heavy atom. The van der Waals surface area contributed by atoms with Gasteiger partial charge in [-0.2, -0.15) is 0 Å². The fourth-order valence-corrected chi connectivity index (χ4v) is 2.44. The fraction of sp³-hybridized carbons (Fsp3) is 0.500. The van der Waals surface area contributed by atoms with Crippen LogP contribution in [0.2, 0.25) is 0 Å². The highest BCUT2D eigenvalue weighted by molar-refractivity contribution is 7.92. The Hall–Kier alpha value is -1.56. The molecule has 0 aliphatic heterocycles. The van der Waals surface area contributed by atoms with E-state index >= 15 is 0 Å². The third kappa shape index (κ3) is 4.23. The molecule has 0 unspecified atom stereocenters. The van der Waals surface area contributed by atoms with Crippen molar-refractivity contribution >= 4 is 21.6 Å². The number of hydrogen-bond donors (Lipinski definition) is 1. The van der Waals surface area contributed by atoms with Crippen LogP contribution in [0.4, 0.5) is 5.69 Å². The van der Waals surface area contributed by atoms with Crippen LogP contribution in [0.1, 0.15) is 37.0 Å². The molecular formula is C14H22N2O3S. The van der Waals surface area contributed by atoms with Gasteiger partial charge < -0.3 is 5.32 Å². The van der Waals surface area contributed by atoms with Crippen LogP contribution in [-0.4, -0.2) is 33.7 Å². The Balaban J connectivity index is 3.05. The van der Waals surface area contributed by atoms with Gasteiger partial charge in [-0.1, -0.05) is 25.5 Å². The quantitative estimate of drug-likeness (QED) is 0.873. The van der Waals surface area contributed by atoms with Gasteiger partial charge in [0.05, 0.1) is 17.5 Å². The van der Waals surface area contributed by atoms with Crippen LogP contribution in [0.3, 0.4) is 0 Å². The molecule has 1 aromatic carbocycles. The third-order valence-corrected chi connectivity index (χ3v) is 4.28. The Morgan fingerprint density at radius 3 is 2.50 bits per heavy atom. The number of hydrogen-bond acceptors (Lipinski definition) is 3. The van der Waals surface area contributed by atoms with Gasteiger partial charge in [0.25, 0.3) is 5.91 Å². The fourth-order valence-electron chi connectivity index (χ4n) is 1.93. The highest BCUT2D eigenvalue weighted by atomic mass is 32.2. The smallest absolute Gasteiger partial charge is 0.253 e. The lowest BCUT2D eigenvalue weighted by molar-refractivity contribution is 0.0939. The number of rotatable bonds is 6. The molecule has 1 atom stereocenters. The van der Waals surface area contributed by atoms with Gasteiger partial charge in [-0.05, 0) is 25.5 Å². The van der Waals surface area contributed by atoms with E-state index in [1.54, 1.807) is 24.3 Å². The maximum Gasteiger partial charge on any atom is 0.253 e. The summed E-state index contributed by atoms with van der Waals surface area (Å²) in [5.41, 5.74) is 0.750. The molecule has 0 aliphatic rings. The third-order valence-electron chi connectivity index (χ3n) is 3.08. The van der Waals surface area contributed by atoms with Gasteiger partial charge in [0.1, 0.15) is 0 Å². The van der Waals surface area contributed by atoms with Gasteiger partial charge in [-0.3, -0.25) is 9.10 Å². The molecule has 0 fully saturated rings. The van der Waals surface area contributed by atoms with Crippen LogP contribution in [0.5, 0.6) is 0 Å². The van der Waals surface area contributed by atoms with Crippen molar-refractivity contribution in [3.05, 3.63) is 29.8 Å². The van der Waals surface area contributed by atoms with E-state index < -0.39 is 10.0 Å². The van der Waals surface area contributed by atoms with E-state index in [2.05, 4.69) is 5.32 Å². The largest absolute Gasteiger partial charge is 0.350 e. The number of carbonyl (C=O) groups excluding carboxylic acids is 1. The minimum absolute atomic E-state index is 0.0593. The minimum atomic E-state index is -3.40. The molecule has 0 radical (unpaired) electrons. The van der Waals surface area contributed by atoms with E-state index in [4.69, 9.17) is 0 Å². The predicted molar refractivity (Wildman–Crippen MR) is 81.5 cm³/mol. The zero-order valence-electron chi connectivity index (χ0n) is 12.4. The van der Waals surface area contributed by atoms with E-state index in [1.807, 2.05) is 13.8 Å². The topological polar surface area (TPSA) is 66.5 Å². The molecule has 1 aromatic rings. The predicted octanol–water partition coefficient (Wildman–Crippen LogP) is 2.00. The number of benzene rings is 1. The van der Waals surface area contributed by atoms with E-state index in [-0.39, 0.29) is 11.9 Å². The lowest BCUT2D eigenvalue weighted by Gasteiger charge is -2.21. The first-order valence-electron chi connectivity index (χ1n) is 6.61. The molecule has 0 aromatic heterocycles. The number of sulfonamides is 1. The summed E-state index contributed by atoms with van der Waals surface area (Å²) in [7, 11) is -1.96. The van der Waals surface area contributed by atoms with E-state index in [1.165, 1.54) is 7.05 Å². The highest BCUT2D eigenvalue weighted by Gasteiger charge is 2.20. The number of carbonyl (C=O) groups is 1. The summed E-state index contributed by atoms with van der Waals surface area (Å²) in [5, 5.41) is 2.88. The van der Waals surface area contributed by atoms with Crippen molar-refractivity contribution in [2.45, 2.75) is 32.7 Å². The Kier molecular flexibility index (Phi) is 5.56. The highest BCUT2D eigenvalue weighted by Crippen LogP contribution is 2.21. The van der Waals surface area contributed by atoms with Crippen LogP contribution >= 0.6 is 0 Å². The van der Waals surface area contributed by atoms with Crippen LogP contribution < -0.4 is 9.62 Å². The van der Waals surface area contributed by atoms with Crippen LogP contribution in [-0.2, 0) is 10.0 Å². The summed E-state index contributed by atoms with van der Waals surface area (Å²) in [6.45, 7) is 3.98. The van der Waals surface area contributed by atoms with Crippen molar-refractivity contribution < 1.29 is 13.2 Å². The minimum Gasteiger partial charge on any atom is -0.350 e. The average molecular weight is 298 g/mol. The monoisotopic (exact) mass is 298 g/mol. The molecule has 0 aliphatic carbocycles. The summed E-state index contributed by atoms with van der Waals surface area (Å²) >= 11 is 0. The van der Waals surface area contributed by atoms with Gasteiger partial charge >= 0.3 is 0 Å². The molecule has 112 valence electrons. The molecule has 0 saturated carbocycles. The van der Waals surface area contributed by atoms with Gasteiger partial charge in [0, 0.05) is 13.1 Å². The molecule has 20 heavy (non-hydrogen) atoms. The lowest BCUT2D eigenvalue weighted by atomic mass is 10.1. The Morgan fingerprint density at radius 1 is 1.35 bits per heavy atom. The zero-order chi connectivity index (χ0) is 15.3. The van der Waals surface area contributed by atoms with Gasteiger partial charge in [0.15, 0.2) is 0 Å². The first kappa shape index (κ1) is 16.5. The van der Waals surface area contributed by atoms with Crippen molar-refractivity contribution in [1.82, 2.24) is 5.32 Å². The average Bonchev–Trinajstić information content (AvgIpc) is 2.37. The number of amides is 1. The van der Waals surface area contributed by atoms with E-state index in [9.17, 15) is 13.2 Å². The second-order valence-electron chi connectivity index (χ2n) is 4.91. The maximum absolute atomic E-state index is 12.2. The van der Waals surface area contributed by atoms with Crippen molar-refractivity contribution in [1.29, 1.82) is 0 Å². The maximum atomic E-state index is 12.2. The standard InChI is InChI=1S/C14H22N2O3S/c1-5-8-11(2)15-14(17)12-9-6-7-10-13(12)16(3)20(4,18)19/h6-7,9-11H,5,8H2,1-4H3,(H,15,17)/t11-/m1/s1. The zero-order valence-corrected chi connectivity index (χ0v) is 13.2. The first-order valence-corrected chi connectivity index (χ1v) is 8.46. The first-order chi connectivity index (χ1) is 9.27. The van der Waals surface area contributed by atoms with Crippen LogP contribution in [0, 0.1) is 0 Å². The number of nitrogens with one attached hydrogen (secondary N) is 1. The molecule has 1 amide bonds. The molecule has 5 nitrogen and oxygen atoms in total. The van der Waals surface area contributed by atoms with Gasteiger partial charge in [-0.15, -0.1) is 0 Å². The number of para-hydroxylation sites is 1. The van der Waals surface area contributed by atoms with Crippen LogP contribution in [0.15, 0.2) is 24.3 Å². The second-order valence-corrected chi connectivity index (χ2v) is 6.92. The van der Waals surface area contributed by atoms with Crippen molar-refractivity contribution in [3.8, 4) is 0 Å². The molecule has 0 spiro atoms.